The van der Waals surface area contributed by atoms with Gasteiger partial charge >= 0.3 is 0 Å². The number of anilines is 2. The summed E-state index contributed by atoms with van der Waals surface area (Å²) in [6.45, 7) is 0. The van der Waals surface area contributed by atoms with Crippen molar-refractivity contribution in [1.29, 1.82) is 0 Å². The van der Waals surface area contributed by atoms with Crippen molar-refractivity contribution in [2.24, 2.45) is 0 Å². The smallest absolute Gasteiger partial charge is 0.221 e. The van der Waals surface area contributed by atoms with E-state index in [4.69, 9.17) is 11.5 Å². The van der Waals surface area contributed by atoms with Gasteiger partial charge in [-0.1, -0.05) is 30.3 Å². The van der Waals surface area contributed by atoms with Crippen LogP contribution >= 0.6 is 0 Å². The number of aromatic nitrogens is 5. The molecular weight excluding hydrogens is 290 g/mol. The molecule has 1 aromatic carbocycles. The van der Waals surface area contributed by atoms with E-state index in [0.29, 0.717) is 17.0 Å². The van der Waals surface area contributed by atoms with Crippen LogP contribution in [0.4, 0.5) is 11.8 Å². The maximum Gasteiger partial charge on any atom is 0.221 e. The Bertz CT molecular complexity index is 978. The SMILES string of the molecule is Nc1nc(-c2cn[nH]c2)c2c(-c3ccccc3)cnc(N)c2n1. The Morgan fingerprint density at radius 2 is 1.74 bits per heavy atom. The van der Waals surface area contributed by atoms with E-state index in [1.807, 2.05) is 30.3 Å². The van der Waals surface area contributed by atoms with Gasteiger partial charge in [0.25, 0.3) is 0 Å². The number of nitrogens with two attached hydrogens (primary N) is 2. The largest absolute Gasteiger partial charge is 0.382 e. The van der Waals surface area contributed by atoms with E-state index in [2.05, 4.69) is 25.1 Å². The summed E-state index contributed by atoms with van der Waals surface area (Å²) in [5.74, 6) is 0.464. The molecule has 5 N–H and O–H groups in total. The van der Waals surface area contributed by atoms with E-state index >= 15 is 0 Å². The zero-order chi connectivity index (χ0) is 15.8. The van der Waals surface area contributed by atoms with Crippen molar-refractivity contribution >= 4 is 22.7 Å². The van der Waals surface area contributed by atoms with Gasteiger partial charge in [-0.15, -0.1) is 0 Å². The number of pyridine rings is 1. The topological polar surface area (TPSA) is 119 Å². The Labute approximate surface area is 131 Å². The van der Waals surface area contributed by atoms with Gasteiger partial charge in [0.05, 0.1) is 11.9 Å². The third-order valence-corrected chi connectivity index (χ3v) is 3.63. The molecule has 7 nitrogen and oxygen atoms in total. The number of nitrogens with one attached hydrogen (secondary N) is 1. The van der Waals surface area contributed by atoms with Gasteiger partial charge in [0.2, 0.25) is 5.95 Å². The number of benzene rings is 1. The Balaban J connectivity index is 2.15. The van der Waals surface area contributed by atoms with E-state index in [0.717, 1.165) is 22.1 Å². The number of aromatic amines is 1. The van der Waals surface area contributed by atoms with E-state index < -0.39 is 0 Å². The predicted molar refractivity (Wildman–Crippen MR) is 89.2 cm³/mol. The molecule has 7 heteroatoms. The summed E-state index contributed by atoms with van der Waals surface area (Å²) in [6, 6.07) is 9.90. The molecule has 0 saturated carbocycles. The molecule has 0 aliphatic heterocycles. The van der Waals surface area contributed by atoms with Crippen molar-refractivity contribution in [3.8, 4) is 22.4 Å². The van der Waals surface area contributed by atoms with Crippen molar-refractivity contribution in [2.75, 3.05) is 11.5 Å². The summed E-state index contributed by atoms with van der Waals surface area (Å²) in [4.78, 5) is 12.9. The summed E-state index contributed by atoms with van der Waals surface area (Å²) < 4.78 is 0. The van der Waals surface area contributed by atoms with Gasteiger partial charge in [0.1, 0.15) is 11.3 Å². The van der Waals surface area contributed by atoms with E-state index in [1.54, 1.807) is 18.6 Å². The molecule has 0 spiro atoms. The van der Waals surface area contributed by atoms with Gasteiger partial charge < -0.3 is 11.5 Å². The highest BCUT2D eigenvalue weighted by Crippen LogP contribution is 2.35. The Morgan fingerprint density at radius 1 is 0.913 bits per heavy atom. The third-order valence-electron chi connectivity index (χ3n) is 3.63. The molecule has 4 aromatic rings. The number of rotatable bonds is 2. The van der Waals surface area contributed by atoms with Crippen LogP contribution in [0.25, 0.3) is 33.3 Å². The number of nitrogen functional groups attached to an aromatic ring is 2. The van der Waals surface area contributed by atoms with E-state index in [9.17, 15) is 0 Å². The van der Waals surface area contributed by atoms with E-state index in [1.165, 1.54) is 0 Å². The van der Waals surface area contributed by atoms with Crippen molar-refractivity contribution < 1.29 is 0 Å². The van der Waals surface area contributed by atoms with E-state index in [-0.39, 0.29) is 5.95 Å². The van der Waals surface area contributed by atoms with Gasteiger partial charge in [0.15, 0.2) is 0 Å². The van der Waals surface area contributed by atoms with Crippen LogP contribution in [-0.2, 0) is 0 Å². The lowest BCUT2D eigenvalue weighted by Crippen LogP contribution is -2.03. The average molecular weight is 303 g/mol. The second kappa shape index (κ2) is 5.06. The van der Waals surface area contributed by atoms with Gasteiger partial charge in [-0.3, -0.25) is 5.10 Å². The zero-order valence-electron chi connectivity index (χ0n) is 12.1. The molecule has 0 atom stereocenters. The van der Waals surface area contributed by atoms with Crippen LogP contribution in [0.2, 0.25) is 0 Å². The van der Waals surface area contributed by atoms with Crippen LogP contribution in [-0.4, -0.2) is 25.1 Å². The van der Waals surface area contributed by atoms with Crippen LogP contribution in [0.15, 0.2) is 48.9 Å². The van der Waals surface area contributed by atoms with Crippen molar-refractivity contribution in [3.05, 3.63) is 48.9 Å². The molecule has 0 radical (unpaired) electrons. The molecular formula is C16H13N7. The average Bonchev–Trinajstić information content (AvgIpc) is 3.10. The maximum atomic E-state index is 6.01. The highest BCUT2D eigenvalue weighted by atomic mass is 15.1. The van der Waals surface area contributed by atoms with Crippen LogP contribution < -0.4 is 11.5 Å². The first kappa shape index (κ1) is 13.2. The summed E-state index contributed by atoms with van der Waals surface area (Å²) in [5, 5.41) is 7.58. The minimum Gasteiger partial charge on any atom is -0.382 e. The van der Waals surface area contributed by atoms with Crippen LogP contribution in [0.1, 0.15) is 0 Å². The van der Waals surface area contributed by atoms with Gasteiger partial charge in [-0.05, 0) is 5.56 Å². The summed E-state index contributed by atoms with van der Waals surface area (Å²) >= 11 is 0. The first-order valence-corrected chi connectivity index (χ1v) is 7.00. The number of fused-ring (bicyclic) bond motifs is 1. The maximum absolute atomic E-state index is 6.01. The fourth-order valence-corrected chi connectivity index (χ4v) is 2.60. The highest BCUT2D eigenvalue weighted by Gasteiger charge is 2.17. The summed E-state index contributed by atoms with van der Waals surface area (Å²) in [5.41, 5.74) is 15.8. The third kappa shape index (κ3) is 2.15. The Kier molecular flexibility index (Phi) is 2.90. The molecule has 4 rings (SSSR count). The quantitative estimate of drug-likeness (QED) is 0.522. The number of H-pyrrole nitrogens is 1. The molecule has 112 valence electrons. The monoisotopic (exact) mass is 303 g/mol. The van der Waals surface area contributed by atoms with Crippen molar-refractivity contribution in [1.82, 2.24) is 25.1 Å². The zero-order valence-corrected chi connectivity index (χ0v) is 12.1. The Morgan fingerprint density at radius 3 is 2.48 bits per heavy atom. The molecule has 0 unspecified atom stereocenters. The number of nitrogens with zero attached hydrogens (tertiary/aromatic N) is 4. The molecule has 0 aliphatic carbocycles. The standard InChI is InChI=1S/C16H13N7/c17-15-14-12(11(8-19-15)9-4-2-1-3-5-9)13(22-16(18)23-14)10-6-20-21-7-10/h1-8H,(H2,17,19)(H,20,21)(H2,18,22,23). The molecule has 0 saturated heterocycles. The second-order valence-corrected chi connectivity index (χ2v) is 5.06. The normalized spacial score (nSPS) is 11.0. The molecule has 0 fully saturated rings. The highest BCUT2D eigenvalue weighted by molar-refractivity contribution is 6.06. The molecule has 0 bridgehead atoms. The first-order valence-electron chi connectivity index (χ1n) is 7.00. The lowest BCUT2D eigenvalue weighted by Gasteiger charge is -2.11. The van der Waals surface area contributed by atoms with Gasteiger partial charge in [-0.2, -0.15) is 5.10 Å². The van der Waals surface area contributed by atoms with Crippen molar-refractivity contribution in [2.45, 2.75) is 0 Å². The molecule has 23 heavy (non-hydrogen) atoms. The van der Waals surface area contributed by atoms with Crippen molar-refractivity contribution in [3.63, 3.8) is 0 Å². The summed E-state index contributed by atoms with van der Waals surface area (Å²) in [6.07, 6.45) is 5.18. The molecule has 3 heterocycles. The van der Waals surface area contributed by atoms with Crippen LogP contribution in [0.5, 0.6) is 0 Å². The summed E-state index contributed by atoms with van der Waals surface area (Å²) in [7, 11) is 0. The fourth-order valence-electron chi connectivity index (χ4n) is 2.60. The number of hydrogen-bond donors (Lipinski definition) is 3. The predicted octanol–water partition coefficient (Wildman–Crippen LogP) is 2.25. The van der Waals surface area contributed by atoms with Crippen LogP contribution in [0.3, 0.4) is 0 Å². The minimum atomic E-state index is 0.146. The van der Waals surface area contributed by atoms with Gasteiger partial charge in [-0.25, -0.2) is 15.0 Å². The molecule has 0 aliphatic rings. The lowest BCUT2D eigenvalue weighted by atomic mass is 9.99. The first-order chi connectivity index (χ1) is 11.2. The minimum absolute atomic E-state index is 0.146. The molecule has 0 amide bonds. The van der Waals surface area contributed by atoms with Gasteiger partial charge in [0, 0.05) is 28.9 Å². The number of hydrogen-bond acceptors (Lipinski definition) is 6. The van der Waals surface area contributed by atoms with Crippen LogP contribution in [0, 0.1) is 0 Å². The second-order valence-electron chi connectivity index (χ2n) is 5.06. The Hall–Kier alpha value is -3.48. The fraction of sp³-hybridized carbons (Fsp3) is 0. The lowest BCUT2D eigenvalue weighted by molar-refractivity contribution is 1.09. The molecule has 3 aromatic heterocycles.